The monoisotopic (exact) mass is 205 g/mol. The van der Waals surface area contributed by atoms with Gasteiger partial charge in [-0.1, -0.05) is 11.2 Å². The first-order valence-electron chi connectivity index (χ1n) is 4.45. The molecule has 2 N–H and O–H groups in total. The first-order chi connectivity index (χ1) is 7.22. The summed E-state index contributed by atoms with van der Waals surface area (Å²) in [6.07, 6.45) is 0. The SMILES string of the molecule is COc1c(N)cccc1-c1noc(C)n1. The van der Waals surface area contributed by atoms with E-state index in [1.807, 2.05) is 12.1 Å². The van der Waals surface area contributed by atoms with E-state index in [1.54, 1.807) is 20.1 Å². The number of benzene rings is 1. The van der Waals surface area contributed by atoms with Crippen LogP contribution in [-0.2, 0) is 0 Å². The molecule has 1 heterocycles. The molecule has 15 heavy (non-hydrogen) atoms. The molecule has 1 aromatic carbocycles. The van der Waals surface area contributed by atoms with E-state index in [1.165, 1.54) is 0 Å². The predicted molar refractivity (Wildman–Crippen MR) is 55.4 cm³/mol. The zero-order chi connectivity index (χ0) is 10.8. The lowest BCUT2D eigenvalue weighted by Crippen LogP contribution is -1.95. The zero-order valence-electron chi connectivity index (χ0n) is 8.52. The summed E-state index contributed by atoms with van der Waals surface area (Å²) in [6, 6.07) is 5.41. The molecule has 2 aromatic rings. The van der Waals surface area contributed by atoms with Gasteiger partial charge in [-0.05, 0) is 12.1 Å². The Morgan fingerprint density at radius 3 is 2.80 bits per heavy atom. The minimum Gasteiger partial charge on any atom is -0.494 e. The van der Waals surface area contributed by atoms with Crippen molar-refractivity contribution < 1.29 is 9.26 Å². The van der Waals surface area contributed by atoms with Crippen LogP contribution in [0, 0.1) is 6.92 Å². The van der Waals surface area contributed by atoms with Crippen LogP contribution in [0.2, 0.25) is 0 Å². The van der Waals surface area contributed by atoms with E-state index < -0.39 is 0 Å². The van der Waals surface area contributed by atoms with Crippen molar-refractivity contribution in [3.8, 4) is 17.1 Å². The lowest BCUT2D eigenvalue weighted by atomic mass is 10.1. The second kappa shape index (κ2) is 3.61. The van der Waals surface area contributed by atoms with Gasteiger partial charge in [-0.2, -0.15) is 4.98 Å². The fourth-order valence-electron chi connectivity index (χ4n) is 1.37. The van der Waals surface area contributed by atoms with Gasteiger partial charge in [0.1, 0.15) is 0 Å². The van der Waals surface area contributed by atoms with E-state index in [2.05, 4.69) is 10.1 Å². The lowest BCUT2D eigenvalue weighted by molar-refractivity contribution is 0.393. The highest BCUT2D eigenvalue weighted by atomic mass is 16.5. The van der Waals surface area contributed by atoms with Gasteiger partial charge in [0.2, 0.25) is 11.7 Å². The number of hydrogen-bond donors (Lipinski definition) is 1. The quantitative estimate of drug-likeness (QED) is 0.754. The number of nitrogen functional groups attached to an aromatic ring is 1. The topological polar surface area (TPSA) is 74.2 Å². The van der Waals surface area contributed by atoms with Gasteiger partial charge in [0.25, 0.3) is 0 Å². The molecule has 0 spiro atoms. The second-order valence-electron chi connectivity index (χ2n) is 3.07. The first kappa shape index (κ1) is 9.51. The molecular formula is C10H11N3O2. The number of ether oxygens (including phenoxy) is 1. The number of anilines is 1. The Labute approximate surface area is 86.9 Å². The van der Waals surface area contributed by atoms with Gasteiger partial charge in [0, 0.05) is 6.92 Å². The van der Waals surface area contributed by atoms with Crippen LogP contribution in [0.5, 0.6) is 5.75 Å². The van der Waals surface area contributed by atoms with E-state index in [4.69, 9.17) is 15.0 Å². The molecule has 0 unspecified atom stereocenters. The smallest absolute Gasteiger partial charge is 0.223 e. The van der Waals surface area contributed by atoms with Crippen LogP contribution in [0.1, 0.15) is 5.89 Å². The summed E-state index contributed by atoms with van der Waals surface area (Å²) in [4.78, 5) is 4.12. The van der Waals surface area contributed by atoms with E-state index in [0.717, 1.165) is 5.56 Å². The summed E-state index contributed by atoms with van der Waals surface area (Å²) in [6.45, 7) is 1.73. The predicted octanol–water partition coefficient (Wildman–Crippen LogP) is 1.64. The number of rotatable bonds is 2. The first-order valence-corrected chi connectivity index (χ1v) is 4.45. The van der Waals surface area contributed by atoms with Crippen molar-refractivity contribution in [2.24, 2.45) is 0 Å². The van der Waals surface area contributed by atoms with Crippen molar-refractivity contribution in [1.29, 1.82) is 0 Å². The van der Waals surface area contributed by atoms with Gasteiger partial charge < -0.3 is 15.0 Å². The molecule has 2 rings (SSSR count). The van der Waals surface area contributed by atoms with Gasteiger partial charge in [-0.25, -0.2) is 0 Å². The van der Waals surface area contributed by atoms with Crippen LogP contribution in [0.4, 0.5) is 5.69 Å². The molecule has 0 amide bonds. The molecule has 0 saturated heterocycles. The fourth-order valence-corrected chi connectivity index (χ4v) is 1.37. The molecule has 1 aromatic heterocycles. The molecule has 5 heteroatoms. The average Bonchev–Trinajstić information content (AvgIpc) is 2.64. The molecular weight excluding hydrogens is 194 g/mol. The minimum absolute atomic E-state index is 0.483. The fraction of sp³-hybridized carbons (Fsp3) is 0.200. The van der Waals surface area contributed by atoms with E-state index in [9.17, 15) is 0 Å². The molecule has 78 valence electrons. The summed E-state index contributed by atoms with van der Waals surface area (Å²) in [7, 11) is 1.56. The van der Waals surface area contributed by atoms with Crippen molar-refractivity contribution >= 4 is 5.69 Å². The Hall–Kier alpha value is -2.04. The van der Waals surface area contributed by atoms with Crippen molar-refractivity contribution in [3.05, 3.63) is 24.1 Å². The number of para-hydroxylation sites is 1. The molecule has 0 fully saturated rings. The van der Waals surface area contributed by atoms with Gasteiger partial charge in [-0.3, -0.25) is 0 Å². The zero-order valence-corrected chi connectivity index (χ0v) is 8.52. The number of methoxy groups -OCH3 is 1. The molecule has 0 saturated carbocycles. The summed E-state index contributed by atoms with van der Waals surface area (Å²) in [5, 5.41) is 3.81. The highest BCUT2D eigenvalue weighted by molar-refractivity contribution is 5.72. The normalized spacial score (nSPS) is 10.3. The Kier molecular flexibility index (Phi) is 2.29. The highest BCUT2D eigenvalue weighted by Gasteiger charge is 2.13. The molecule has 5 nitrogen and oxygen atoms in total. The summed E-state index contributed by atoms with van der Waals surface area (Å²) >= 11 is 0. The molecule has 0 radical (unpaired) electrons. The summed E-state index contributed by atoms with van der Waals surface area (Å²) in [5.41, 5.74) is 7.05. The van der Waals surface area contributed by atoms with Crippen LogP contribution in [0.3, 0.4) is 0 Å². The van der Waals surface area contributed by atoms with Crippen molar-refractivity contribution in [3.63, 3.8) is 0 Å². The maximum Gasteiger partial charge on any atom is 0.223 e. The third-order valence-electron chi connectivity index (χ3n) is 2.02. The highest BCUT2D eigenvalue weighted by Crippen LogP contribution is 2.32. The van der Waals surface area contributed by atoms with Crippen molar-refractivity contribution in [2.75, 3.05) is 12.8 Å². The molecule has 0 aliphatic carbocycles. The largest absolute Gasteiger partial charge is 0.494 e. The molecule has 0 aliphatic heterocycles. The van der Waals surface area contributed by atoms with Crippen LogP contribution in [0.15, 0.2) is 22.7 Å². The van der Waals surface area contributed by atoms with E-state index >= 15 is 0 Å². The third kappa shape index (κ3) is 1.63. The molecule has 0 aliphatic rings. The second-order valence-corrected chi connectivity index (χ2v) is 3.07. The van der Waals surface area contributed by atoms with Crippen LogP contribution in [-0.4, -0.2) is 17.3 Å². The Morgan fingerprint density at radius 2 is 2.20 bits per heavy atom. The molecule has 0 bridgehead atoms. The third-order valence-corrected chi connectivity index (χ3v) is 2.02. The molecule has 0 atom stereocenters. The number of aromatic nitrogens is 2. The lowest BCUT2D eigenvalue weighted by Gasteiger charge is -2.07. The van der Waals surface area contributed by atoms with Gasteiger partial charge >= 0.3 is 0 Å². The Morgan fingerprint density at radius 1 is 1.40 bits per heavy atom. The minimum atomic E-state index is 0.483. The maximum atomic E-state index is 5.76. The number of nitrogens with zero attached hydrogens (tertiary/aromatic N) is 2. The average molecular weight is 205 g/mol. The maximum absolute atomic E-state index is 5.76. The summed E-state index contributed by atoms with van der Waals surface area (Å²) in [5.74, 6) is 1.56. The van der Waals surface area contributed by atoms with E-state index in [0.29, 0.717) is 23.2 Å². The number of nitrogens with two attached hydrogens (primary N) is 1. The van der Waals surface area contributed by atoms with Crippen LogP contribution >= 0.6 is 0 Å². The standard InChI is InChI=1S/C10H11N3O2/c1-6-12-10(13-15-6)7-4-3-5-8(11)9(7)14-2/h3-5H,11H2,1-2H3. The van der Waals surface area contributed by atoms with Crippen molar-refractivity contribution in [2.45, 2.75) is 6.92 Å². The van der Waals surface area contributed by atoms with Gasteiger partial charge in [-0.15, -0.1) is 0 Å². The number of aryl methyl sites for hydroxylation is 1. The van der Waals surface area contributed by atoms with Crippen LogP contribution < -0.4 is 10.5 Å². The Bertz CT molecular complexity index is 479. The van der Waals surface area contributed by atoms with Gasteiger partial charge in [0.15, 0.2) is 5.75 Å². The van der Waals surface area contributed by atoms with Crippen LogP contribution in [0.25, 0.3) is 11.4 Å². The number of hydrogen-bond acceptors (Lipinski definition) is 5. The van der Waals surface area contributed by atoms with Gasteiger partial charge in [0.05, 0.1) is 18.4 Å². The summed E-state index contributed by atoms with van der Waals surface area (Å²) < 4.78 is 10.1. The van der Waals surface area contributed by atoms with E-state index in [-0.39, 0.29) is 0 Å². The van der Waals surface area contributed by atoms with Crippen molar-refractivity contribution in [1.82, 2.24) is 10.1 Å². The Balaban J connectivity index is 2.57.